The molecular weight excluding hydrogens is 230 g/mol. The van der Waals surface area contributed by atoms with Crippen LogP contribution < -0.4 is 5.69 Å². The summed E-state index contributed by atoms with van der Waals surface area (Å²) in [6.45, 7) is 0.219. The Kier molecular flexibility index (Phi) is 3.20. The molecule has 5 heteroatoms. The van der Waals surface area contributed by atoms with E-state index in [4.69, 9.17) is 6.42 Å². The van der Waals surface area contributed by atoms with Crippen LogP contribution in [0.1, 0.15) is 0 Å². The second-order valence-electron chi connectivity index (χ2n) is 3.99. The number of likely N-dealkylation sites (N-methyl/N-ethyl adjacent to an activating group) is 1. The van der Waals surface area contributed by atoms with Gasteiger partial charge in [0.15, 0.2) is 0 Å². The summed E-state index contributed by atoms with van der Waals surface area (Å²) in [6.07, 6.45) is 5.14. The Morgan fingerprint density at radius 1 is 1.50 bits per heavy atom. The Balaban J connectivity index is 2.33. The molecule has 0 aliphatic carbocycles. The number of H-pyrrole nitrogens is 1. The number of carbonyl (C=O) groups is 1. The van der Waals surface area contributed by atoms with Gasteiger partial charge in [0.1, 0.15) is 6.54 Å². The zero-order chi connectivity index (χ0) is 13.1. The smallest absolute Gasteiger partial charge is 0.326 e. The van der Waals surface area contributed by atoms with Crippen LogP contribution in [0.5, 0.6) is 0 Å². The van der Waals surface area contributed by atoms with E-state index in [1.54, 1.807) is 19.2 Å². The van der Waals surface area contributed by atoms with Gasteiger partial charge in [-0.3, -0.25) is 9.36 Å². The number of carbonyl (C=O) groups excluding carboxylic acids is 1. The highest BCUT2D eigenvalue weighted by molar-refractivity contribution is 5.80. The number of nitrogens with zero attached hydrogens (tertiary/aromatic N) is 2. The van der Waals surface area contributed by atoms with Gasteiger partial charge >= 0.3 is 5.69 Å². The maximum atomic E-state index is 11.9. The third-order valence-electron chi connectivity index (χ3n) is 2.73. The molecule has 0 bridgehead atoms. The molecule has 0 fully saturated rings. The summed E-state index contributed by atoms with van der Waals surface area (Å²) in [4.78, 5) is 27.7. The molecular formula is C13H13N3O2. The Bertz CT molecular complexity index is 675. The number of hydrogen-bond acceptors (Lipinski definition) is 2. The second kappa shape index (κ2) is 4.80. The molecule has 5 nitrogen and oxygen atoms in total. The minimum absolute atomic E-state index is 0.0129. The first kappa shape index (κ1) is 12.0. The number of hydrogen-bond donors (Lipinski definition) is 1. The normalized spacial score (nSPS) is 10.2. The van der Waals surface area contributed by atoms with E-state index in [1.807, 2.05) is 12.1 Å². The van der Waals surface area contributed by atoms with E-state index >= 15 is 0 Å². The molecule has 0 atom stereocenters. The SMILES string of the molecule is C#CCN(C)C(=O)Cn1c(=O)[nH]c2ccccc21. The lowest BCUT2D eigenvalue weighted by Gasteiger charge is -2.13. The van der Waals surface area contributed by atoms with Gasteiger partial charge in [0, 0.05) is 7.05 Å². The molecule has 0 saturated heterocycles. The molecule has 2 aromatic rings. The Hall–Kier alpha value is -2.48. The third kappa shape index (κ3) is 2.13. The zero-order valence-corrected chi connectivity index (χ0v) is 10.0. The van der Waals surface area contributed by atoms with Crippen molar-refractivity contribution >= 4 is 16.9 Å². The van der Waals surface area contributed by atoms with Crippen molar-refractivity contribution in [2.24, 2.45) is 0 Å². The number of para-hydroxylation sites is 2. The van der Waals surface area contributed by atoms with E-state index in [0.717, 1.165) is 5.52 Å². The van der Waals surface area contributed by atoms with Crippen molar-refractivity contribution in [1.82, 2.24) is 14.5 Å². The van der Waals surface area contributed by atoms with Crippen LogP contribution in [0.3, 0.4) is 0 Å². The highest BCUT2D eigenvalue weighted by Gasteiger charge is 2.12. The maximum Gasteiger partial charge on any atom is 0.326 e. The number of benzene rings is 1. The van der Waals surface area contributed by atoms with E-state index < -0.39 is 0 Å². The molecule has 0 unspecified atom stereocenters. The van der Waals surface area contributed by atoms with E-state index in [1.165, 1.54) is 9.47 Å². The lowest BCUT2D eigenvalue weighted by Crippen LogP contribution is -2.33. The third-order valence-corrected chi connectivity index (χ3v) is 2.73. The van der Waals surface area contributed by atoms with Gasteiger partial charge in [-0.1, -0.05) is 18.1 Å². The van der Waals surface area contributed by atoms with Gasteiger partial charge in [0.05, 0.1) is 17.6 Å². The number of nitrogens with one attached hydrogen (secondary N) is 1. The van der Waals surface area contributed by atoms with Crippen molar-refractivity contribution in [1.29, 1.82) is 0 Å². The minimum atomic E-state index is -0.293. The molecule has 0 saturated carbocycles. The van der Waals surface area contributed by atoms with Gasteiger partial charge in [-0.2, -0.15) is 0 Å². The van der Waals surface area contributed by atoms with E-state index in [9.17, 15) is 9.59 Å². The van der Waals surface area contributed by atoms with Crippen LogP contribution in [0, 0.1) is 12.3 Å². The summed E-state index contributed by atoms with van der Waals surface area (Å²) in [6, 6.07) is 7.24. The monoisotopic (exact) mass is 243 g/mol. The fourth-order valence-electron chi connectivity index (χ4n) is 1.74. The number of aromatic nitrogens is 2. The number of fused-ring (bicyclic) bond motifs is 1. The van der Waals surface area contributed by atoms with Crippen molar-refractivity contribution in [3.8, 4) is 12.3 Å². The molecule has 1 amide bonds. The number of terminal acetylenes is 1. The summed E-state index contributed by atoms with van der Waals surface area (Å²) in [5.74, 6) is 2.20. The highest BCUT2D eigenvalue weighted by Crippen LogP contribution is 2.08. The van der Waals surface area contributed by atoms with Crippen LogP contribution in [0.2, 0.25) is 0 Å². The van der Waals surface area contributed by atoms with Crippen molar-refractivity contribution in [3.63, 3.8) is 0 Å². The molecule has 0 aliphatic rings. The van der Waals surface area contributed by atoms with Gasteiger partial charge in [0.25, 0.3) is 0 Å². The van der Waals surface area contributed by atoms with Crippen LogP contribution in [0.15, 0.2) is 29.1 Å². The number of rotatable bonds is 3. The first-order valence-corrected chi connectivity index (χ1v) is 5.48. The highest BCUT2D eigenvalue weighted by atomic mass is 16.2. The maximum absolute atomic E-state index is 11.9. The number of amides is 1. The topological polar surface area (TPSA) is 58.1 Å². The number of aromatic amines is 1. The number of imidazole rings is 1. The second-order valence-corrected chi connectivity index (χ2v) is 3.99. The van der Waals surface area contributed by atoms with Gasteiger partial charge in [-0.05, 0) is 12.1 Å². The van der Waals surface area contributed by atoms with Crippen molar-refractivity contribution in [2.45, 2.75) is 6.54 Å². The van der Waals surface area contributed by atoms with Crippen molar-refractivity contribution < 1.29 is 4.79 Å². The fraction of sp³-hybridized carbons (Fsp3) is 0.231. The first-order chi connectivity index (χ1) is 8.63. The first-order valence-electron chi connectivity index (χ1n) is 5.48. The van der Waals surface area contributed by atoms with Crippen molar-refractivity contribution in [2.75, 3.05) is 13.6 Å². The van der Waals surface area contributed by atoms with Crippen LogP contribution in [-0.2, 0) is 11.3 Å². The average molecular weight is 243 g/mol. The predicted molar refractivity (Wildman–Crippen MR) is 69.0 cm³/mol. The van der Waals surface area contributed by atoms with Crippen LogP contribution in [-0.4, -0.2) is 34.0 Å². The summed E-state index contributed by atoms with van der Waals surface area (Å²) >= 11 is 0. The van der Waals surface area contributed by atoms with Crippen LogP contribution in [0.4, 0.5) is 0 Å². The van der Waals surface area contributed by atoms with E-state index in [0.29, 0.717) is 5.52 Å². The average Bonchev–Trinajstić information content (AvgIpc) is 2.66. The Morgan fingerprint density at radius 2 is 2.22 bits per heavy atom. The quantitative estimate of drug-likeness (QED) is 0.794. The van der Waals surface area contributed by atoms with Gasteiger partial charge in [-0.15, -0.1) is 6.42 Å². The van der Waals surface area contributed by atoms with E-state index in [2.05, 4.69) is 10.9 Å². The summed E-state index contributed by atoms with van der Waals surface area (Å²) in [5, 5.41) is 0. The molecule has 2 rings (SSSR count). The van der Waals surface area contributed by atoms with Gasteiger partial charge in [0.2, 0.25) is 5.91 Å². The van der Waals surface area contributed by atoms with Crippen LogP contribution >= 0.6 is 0 Å². The molecule has 0 spiro atoms. The fourth-order valence-corrected chi connectivity index (χ4v) is 1.74. The molecule has 1 N–H and O–H groups in total. The van der Waals surface area contributed by atoms with Gasteiger partial charge in [-0.25, -0.2) is 4.79 Å². The van der Waals surface area contributed by atoms with Crippen molar-refractivity contribution in [3.05, 3.63) is 34.7 Å². The molecule has 18 heavy (non-hydrogen) atoms. The summed E-state index contributed by atoms with van der Waals surface area (Å²) in [7, 11) is 1.61. The molecule has 0 radical (unpaired) electrons. The zero-order valence-electron chi connectivity index (χ0n) is 10.0. The standard InChI is InChI=1S/C13H13N3O2/c1-3-8-15(2)12(17)9-16-11-7-5-4-6-10(11)14-13(16)18/h1,4-7H,8-9H2,2H3,(H,14,18). The Labute approximate surface area is 104 Å². The summed E-state index contributed by atoms with van der Waals surface area (Å²) in [5.41, 5.74) is 1.14. The lowest BCUT2D eigenvalue weighted by molar-refractivity contribution is -0.129. The summed E-state index contributed by atoms with van der Waals surface area (Å²) < 4.78 is 1.41. The predicted octanol–water partition coefficient (Wildman–Crippen LogP) is 0.421. The molecule has 1 heterocycles. The Morgan fingerprint density at radius 3 is 2.94 bits per heavy atom. The molecule has 1 aromatic heterocycles. The van der Waals surface area contributed by atoms with Crippen LogP contribution in [0.25, 0.3) is 11.0 Å². The lowest BCUT2D eigenvalue weighted by atomic mass is 10.3. The molecule has 0 aliphatic heterocycles. The minimum Gasteiger partial charge on any atom is -0.333 e. The van der Waals surface area contributed by atoms with E-state index in [-0.39, 0.29) is 24.7 Å². The largest absolute Gasteiger partial charge is 0.333 e. The molecule has 92 valence electrons. The van der Waals surface area contributed by atoms with Gasteiger partial charge < -0.3 is 9.88 Å². The molecule has 1 aromatic carbocycles.